The molecule has 1 saturated heterocycles. The maximum absolute atomic E-state index is 6.40. The van der Waals surface area contributed by atoms with Gasteiger partial charge in [0.05, 0.1) is 6.61 Å². The number of benzene rings is 1. The minimum atomic E-state index is 0.0872. The number of rotatable bonds is 6. The number of hydrogen-bond acceptors (Lipinski definition) is 4. The minimum absolute atomic E-state index is 0.0872. The molecule has 1 fully saturated rings. The molecule has 4 nitrogen and oxygen atoms in total. The van der Waals surface area contributed by atoms with Crippen molar-refractivity contribution >= 4 is 0 Å². The number of nitrogens with two attached hydrogens (primary N) is 1. The molecule has 0 saturated carbocycles. The van der Waals surface area contributed by atoms with Crippen molar-refractivity contribution in [2.45, 2.75) is 31.8 Å². The zero-order chi connectivity index (χ0) is 15.2. The highest BCUT2D eigenvalue weighted by molar-refractivity contribution is 5.29. The molecule has 118 valence electrons. The number of nitrogens with zero attached hydrogens (tertiary/aromatic N) is 2. The van der Waals surface area contributed by atoms with E-state index in [2.05, 4.69) is 43.0 Å². The summed E-state index contributed by atoms with van der Waals surface area (Å²) in [4.78, 5) is 4.82. The molecule has 0 bridgehead atoms. The summed E-state index contributed by atoms with van der Waals surface area (Å²) in [5, 5.41) is 0. The molecule has 0 spiro atoms. The van der Waals surface area contributed by atoms with Gasteiger partial charge >= 0.3 is 0 Å². The van der Waals surface area contributed by atoms with Gasteiger partial charge in [-0.3, -0.25) is 0 Å². The van der Waals surface area contributed by atoms with Gasteiger partial charge in [-0.25, -0.2) is 0 Å². The third kappa shape index (κ3) is 4.70. The van der Waals surface area contributed by atoms with Crippen LogP contribution in [-0.4, -0.2) is 56.2 Å². The Morgan fingerprint density at radius 3 is 2.62 bits per heavy atom. The van der Waals surface area contributed by atoms with E-state index in [1.807, 2.05) is 12.1 Å². The molecule has 0 radical (unpaired) electrons. The fraction of sp³-hybridized carbons (Fsp3) is 0.647. The third-order valence-electron chi connectivity index (χ3n) is 4.29. The molecule has 2 atom stereocenters. The smallest absolute Gasteiger partial charge is 0.119 e. The second-order valence-corrected chi connectivity index (χ2v) is 6.16. The van der Waals surface area contributed by atoms with Gasteiger partial charge in [0.25, 0.3) is 0 Å². The van der Waals surface area contributed by atoms with E-state index in [1.54, 1.807) is 0 Å². The molecule has 1 heterocycles. The normalized spacial score (nSPS) is 22.2. The highest BCUT2D eigenvalue weighted by atomic mass is 16.5. The molecular weight excluding hydrogens is 262 g/mol. The lowest BCUT2D eigenvalue weighted by atomic mass is 9.98. The summed E-state index contributed by atoms with van der Waals surface area (Å²) in [6.45, 7) is 6.25. The van der Waals surface area contributed by atoms with Crippen molar-refractivity contribution in [2.75, 3.05) is 40.3 Å². The largest absolute Gasteiger partial charge is 0.494 e. The van der Waals surface area contributed by atoms with Gasteiger partial charge < -0.3 is 20.3 Å². The molecule has 1 aliphatic heterocycles. The van der Waals surface area contributed by atoms with E-state index in [1.165, 1.54) is 5.56 Å². The Morgan fingerprint density at radius 1 is 1.24 bits per heavy atom. The highest BCUT2D eigenvalue weighted by Crippen LogP contribution is 2.22. The predicted octanol–water partition coefficient (Wildman–Crippen LogP) is 2.11. The van der Waals surface area contributed by atoms with Crippen LogP contribution >= 0.6 is 0 Å². The summed E-state index contributed by atoms with van der Waals surface area (Å²) in [6.07, 6.45) is 2.03. The molecule has 21 heavy (non-hydrogen) atoms. The van der Waals surface area contributed by atoms with Crippen LogP contribution in [0.15, 0.2) is 24.3 Å². The van der Waals surface area contributed by atoms with Crippen LogP contribution in [0.3, 0.4) is 0 Å². The lowest BCUT2D eigenvalue weighted by Crippen LogP contribution is -2.50. The fourth-order valence-corrected chi connectivity index (χ4v) is 2.82. The lowest BCUT2D eigenvalue weighted by molar-refractivity contribution is 0.104. The van der Waals surface area contributed by atoms with Crippen LogP contribution in [0.1, 0.15) is 31.4 Å². The second kappa shape index (κ2) is 7.78. The molecule has 1 aliphatic rings. The average Bonchev–Trinajstić information content (AvgIpc) is 2.49. The minimum Gasteiger partial charge on any atom is -0.494 e. The Kier molecular flexibility index (Phi) is 6.03. The lowest BCUT2D eigenvalue weighted by Gasteiger charge is -2.38. The van der Waals surface area contributed by atoms with E-state index in [0.29, 0.717) is 6.04 Å². The van der Waals surface area contributed by atoms with Crippen molar-refractivity contribution in [3.05, 3.63) is 29.8 Å². The van der Waals surface area contributed by atoms with Crippen molar-refractivity contribution in [1.29, 1.82) is 0 Å². The maximum Gasteiger partial charge on any atom is 0.119 e. The number of likely N-dealkylation sites (N-methyl/N-ethyl adjacent to an activating group) is 2. The number of piperazine rings is 1. The summed E-state index contributed by atoms with van der Waals surface area (Å²) in [7, 11) is 4.39. The van der Waals surface area contributed by atoms with E-state index in [0.717, 1.165) is 44.8 Å². The van der Waals surface area contributed by atoms with Crippen molar-refractivity contribution in [3.63, 3.8) is 0 Å². The first kappa shape index (κ1) is 16.3. The topological polar surface area (TPSA) is 41.7 Å². The van der Waals surface area contributed by atoms with Crippen LogP contribution in [0.2, 0.25) is 0 Å². The Bertz CT molecular complexity index is 421. The van der Waals surface area contributed by atoms with Crippen LogP contribution in [0, 0.1) is 0 Å². The summed E-state index contributed by atoms with van der Waals surface area (Å²) in [6, 6.07) is 8.88. The first-order valence-corrected chi connectivity index (χ1v) is 7.97. The standard InChI is InChI=1S/C17H29N3O/c1-4-11-21-16-7-5-14(6-8-16)17(18)12-15-13-19(2)9-10-20(15)3/h5-8,15,17H,4,9-13,18H2,1-3H3. The Labute approximate surface area is 128 Å². The molecule has 4 heteroatoms. The summed E-state index contributed by atoms with van der Waals surface area (Å²) >= 11 is 0. The number of ether oxygens (including phenoxy) is 1. The first-order valence-electron chi connectivity index (χ1n) is 7.97. The fourth-order valence-electron chi connectivity index (χ4n) is 2.82. The molecule has 0 amide bonds. The molecule has 2 rings (SSSR count). The van der Waals surface area contributed by atoms with Gasteiger partial charge in [0.1, 0.15) is 5.75 Å². The van der Waals surface area contributed by atoms with Crippen LogP contribution in [0.4, 0.5) is 0 Å². The van der Waals surface area contributed by atoms with Crippen LogP contribution < -0.4 is 10.5 Å². The van der Waals surface area contributed by atoms with Crippen molar-refractivity contribution in [3.8, 4) is 5.75 Å². The second-order valence-electron chi connectivity index (χ2n) is 6.16. The summed E-state index contributed by atoms with van der Waals surface area (Å²) in [5.41, 5.74) is 7.59. The molecular formula is C17H29N3O. The van der Waals surface area contributed by atoms with E-state index in [-0.39, 0.29) is 6.04 Å². The zero-order valence-electron chi connectivity index (χ0n) is 13.6. The summed E-state index contributed by atoms with van der Waals surface area (Å²) < 4.78 is 5.62. The first-order chi connectivity index (χ1) is 10.1. The van der Waals surface area contributed by atoms with Crippen molar-refractivity contribution < 1.29 is 4.74 Å². The van der Waals surface area contributed by atoms with Gasteiger partial charge in [-0.2, -0.15) is 0 Å². The van der Waals surface area contributed by atoms with Gasteiger partial charge in [-0.15, -0.1) is 0 Å². The van der Waals surface area contributed by atoms with Gasteiger partial charge in [0.15, 0.2) is 0 Å². The van der Waals surface area contributed by atoms with Gasteiger partial charge in [-0.1, -0.05) is 19.1 Å². The average molecular weight is 291 g/mol. The van der Waals surface area contributed by atoms with E-state index < -0.39 is 0 Å². The predicted molar refractivity (Wildman–Crippen MR) is 87.7 cm³/mol. The Balaban J connectivity index is 1.91. The quantitative estimate of drug-likeness (QED) is 0.871. The highest BCUT2D eigenvalue weighted by Gasteiger charge is 2.24. The van der Waals surface area contributed by atoms with Gasteiger partial charge in [-0.05, 0) is 44.6 Å². The number of hydrogen-bond donors (Lipinski definition) is 1. The summed E-state index contributed by atoms with van der Waals surface area (Å²) in [5.74, 6) is 0.933. The zero-order valence-corrected chi connectivity index (χ0v) is 13.6. The molecule has 2 N–H and O–H groups in total. The molecule has 0 aliphatic carbocycles. The van der Waals surface area contributed by atoms with Gasteiger partial charge in [0.2, 0.25) is 0 Å². The van der Waals surface area contributed by atoms with Crippen LogP contribution in [0.5, 0.6) is 5.75 Å². The molecule has 2 unspecified atom stereocenters. The van der Waals surface area contributed by atoms with Gasteiger partial charge in [0, 0.05) is 31.7 Å². The van der Waals surface area contributed by atoms with E-state index in [4.69, 9.17) is 10.5 Å². The molecule has 0 aromatic heterocycles. The van der Waals surface area contributed by atoms with Crippen LogP contribution in [0.25, 0.3) is 0 Å². The monoisotopic (exact) mass is 291 g/mol. The SMILES string of the molecule is CCCOc1ccc(C(N)CC2CN(C)CCN2C)cc1. The van der Waals surface area contributed by atoms with E-state index in [9.17, 15) is 0 Å². The van der Waals surface area contributed by atoms with Crippen molar-refractivity contribution in [1.82, 2.24) is 9.80 Å². The maximum atomic E-state index is 6.40. The molecule has 1 aromatic rings. The molecule has 1 aromatic carbocycles. The Hall–Kier alpha value is -1.10. The third-order valence-corrected chi connectivity index (χ3v) is 4.29. The van der Waals surface area contributed by atoms with E-state index >= 15 is 0 Å². The van der Waals surface area contributed by atoms with Crippen LogP contribution in [-0.2, 0) is 0 Å². The van der Waals surface area contributed by atoms with Crippen molar-refractivity contribution in [2.24, 2.45) is 5.73 Å². The Morgan fingerprint density at radius 2 is 1.95 bits per heavy atom.